The number of anilines is 2. The zero-order chi connectivity index (χ0) is 26.2. The van der Waals surface area contributed by atoms with Crippen LogP contribution in [0.4, 0.5) is 25.5 Å². The molecule has 1 aromatic carbocycles. The van der Waals surface area contributed by atoms with Crippen molar-refractivity contribution >= 4 is 57.3 Å². The molecule has 0 radical (unpaired) electrons. The van der Waals surface area contributed by atoms with E-state index in [1.54, 1.807) is 25.0 Å². The van der Waals surface area contributed by atoms with Crippen LogP contribution in [0, 0.1) is 11.2 Å². The number of aromatic nitrogens is 1. The van der Waals surface area contributed by atoms with Crippen LogP contribution in [0.3, 0.4) is 0 Å². The minimum Gasteiger partial charge on any atom is -0.383 e. The van der Waals surface area contributed by atoms with Crippen molar-refractivity contribution in [1.82, 2.24) is 15.8 Å². The van der Waals surface area contributed by atoms with E-state index in [2.05, 4.69) is 15.8 Å². The van der Waals surface area contributed by atoms with Gasteiger partial charge in [-0.25, -0.2) is 9.18 Å². The van der Waals surface area contributed by atoms with E-state index >= 15 is 4.39 Å². The van der Waals surface area contributed by atoms with Gasteiger partial charge in [-0.1, -0.05) is 16.9 Å². The third kappa shape index (κ3) is 3.38. The summed E-state index contributed by atoms with van der Waals surface area (Å²) in [7, 11) is 1.54. The fourth-order valence-corrected chi connectivity index (χ4v) is 7.10. The minimum absolute atomic E-state index is 0.126. The molecule has 0 unspecified atom stereocenters. The number of fused-ring (bicyclic) bond motifs is 5. The highest BCUT2D eigenvalue weighted by Crippen LogP contribution is 2.50. The lowest BCUT2D eigenvalue weighted by atomic mass is 9.66. The predicted molar refractivity (Wildman–Crippen MR) is 129 cm³/mol. The fourth-order valence-electron chi connectivity index (χ4n) is 6.10. The second-order valence-corrected chi connectivity index (χ2v) is 11.0. The molecule has 0 aliphatic carbocycles. The Balaban J connectivity index is 1.52. The maximum Gasteiger partial charge on any atom is 0.328 e. The molecular formula is C23H24FN5O7S. The van der Waals surface area contributed by atoms with E-state index in [0.29, 0.717) is 18.7 Å². The van der Waals surface area contributed by atoms with E-state index in [1.807, 2.05) is 6.92 Å². The van der Waals surface area contributed by atoms with Crippen LogP contribution in [0.5, 0.6) is 0 Å². The van der Waals surface area contributed by atoms with Gasteiger partial charge in [0.15, 0.2) is 17.1 Å². The van der Waals surface area contributed by atoms with Crippen LogP contribution >= 0.6 is 11.8 Å². The Labute approximate surface area is 214 Å². The van der Waals surface area contributed by atoms with Gasteiger partial charge in [-0.05, 0) is 25.5 Å². The van der Waals surface area contributed by atoms with Crippen LogP contribution in [-0.2, 0) is 25.5 Å². The molecular weight excluding hydrogens is 509 g/mol. The number of halogens is 1. The first-order chi connectivity index (χ1) is 17.6. The standard InChI is InChI=1S/C23H24FN5O7S/c1-9-6-28-15-11(5-23(17(28)10(2)35-9)19(30)25-21(32)26-20(23)31)4-13-16(14(15)24)36-27-18(13)29-7-12(8-34-3)37-22(29)33/h4,9-10,12,17H,5-8H2,1-3H3,(H2,25,26,30,31,32)/t9-,10+,12-,17-/m1/s1. The normalized spacial score (nSPS) is 29.0. The Bertz CT molecular complexity index is 1340. The molecule has 12 nitrogen and oxygen atoms in total. The maximum atomic E-state index is 16.2. The average Bonchev–Trinajstić information content (AvgIpc) is 3.40. The first-order valence-electron chi connectivity index (χ1n) is 11.8. The third-order valence-corrected chi connectivity index (χ3v) is 8.47. The Hall–Kier alpha value is -3.23. The number of nitrogens with one attached hydrogen (secondary N) is 2. The molecule has 5 amide bonds. The van der Waals surface area contributed by atoms with Gasteiger partial charge < -0.3 is 18.9 Å². The van der Waals surface area contributed by atoms with Gasteiger partial charge in [-0.2, -0.15) is 0 Å². The quantitative estimate of drug-likeness (QED) is 0.558. The van der Waals surface area contributed by atoms with Crippen molar-refractivity contribution in [2.75, 3.05) is 36.6 Å². The molecule has 6 rings (SSSR count). The van der Waals surface area contributed by atoms with Crippen LogP contribution in [0.2, 0.25) is 0 Å². The third-order valence-electron chi connectivity index (χ3n) is 7.43. The van der Waals surface area contributed by atoms with Crippen LogP contribution in [0.25, 0.3) is 11.0 Å². The molecule has 0 saturated carbocycles. The molecule has 4 aliphatic rings. The first-order valence-corrected chi connectivity index (χ1v) is 12.7. The van der Waals surface area contributed by atoms with Crippen molar-refractivity contribution in [3.8, 4) is 0 Å². The van der Waals surface area contributed by atoms with E-state index in [-0.39, 0.29) is 52.0 Å². The second-order valence-electron chi connectivity index (χ2n) is 9.79. The summed E-state index contributed by atoms with van der Waals surface area (Å²) in [6.45, 7) is 4.38. The van der Waals surface area contributed by atoms with Gasteiger partial charge in [0.05, 0.1) is 41.2 Å². The van der Waals surface area contributed by atoms with Gasteiger partial charge >= 0.3 is 6.03 Å². The van der Waals surface area contributed by atoms with Crippen LogP contribution in [0.15, 0.2) is 10.6 Å². The highest BCUT2D eigenvalue weighted by Gasteiger charge is 2.63. The van der Waals surface area contributed by atoms with E-state index < -0.39 is 41.2 Å². The summed E-state index contributed by atoms with van der Waals surface area (Å²) in [6, 6.07) is -0.180. The van der Waals surface area contributed by atoms with Crippen LogP contribution in [-0.4, -0.2) is 78.5 Å². The Morgan fingerprint density at radius 2 is 1.95 bits per heavy atom. The number of ether oxygens (including phenoxy) is 2. The number of thioether (sulfide) groups is 1. The van der Waals surface area contributed by atoms with Gasteiger partial charge in [0.1, 0.15) is 0 Å². The second kappa shape index (κ2) is 8.39. The maximum absolute atomic E-state index is 16.2. The summed E-state index contributed by atoms with van der Waals surface area (Å²) >= 11 is 1.10. The van der Waals surface area contributed by atoms with Gasteiger partial charge in [0, 0.05) is 26.6 Å². The number of hydrogen-bond acceptors (Lipinski definition) is 10. The topological polar surface area (TPSA) is 143 Å². The molecule has 4 atom stereocenters. The van der Waals surface area contributed by atoms with E-state index in [9.17, 15) is 19.2 Å². The van der Waals surface area contributed by atoms with E-state index in [4.69, 9.17) is 14.0 Å². The molecule has 1 spiro atoms. The first kappa shape index (κ1) is 24.1. The lowest BCUT2D eigenvalue weighted by Gasteiger charge is -2.55. The van der Waals surface area contributed by atoms with Crippen molar-refractivity contribution in [3.05, 3.63) is 17.4 Å². The van der Waals surface area contributed by atoms with Crippen LogP contribution < -0.4 is 20.4 Å². The van der Waals surface area contributed by atoms with Crippen LogP contribution in [0.1, 0.15) is 19.4 Å². The van der Waals surface area contributed by atoms with Crippen molar-refractivity contribution in [2.45, 2.75) is 43.8 Å². The summed E-state index contributed by atoms with van der Waals surface area (Å²) in [6.07, 6.45) is -1.16. The molecule has 5 heterocycles. The summed E-state index contributed by atoms with van der Waals surface area (Å²) in [5, 5.41) is 8.29. The largest absolute Gasteiger partial charge is 0.383 e. The monoisotopic (exact) mass is 533 g/mol. The van der Waals surface area contributed by atoms with Gasteiger partial charge in [0.2, 0.25) is 17.4 Å². The smallest absolute Gasteiger partial charge is 0.328 e. The molecule has 196 valence electrons. The number of methoxy groups -OCH3 is 1. The van der Waals surface area contributed by atoms with E-state index in [1.165, 1.54) is 4.90 Å². The molecule has 2 N–H and O–H groups in total. The molecule has 14 heteroatoms. The van der Waals surface area contributed by atoms with Gasteiger partial charge in [-0.15, -0.1) is 0 Å². The van der Waals surface area contributed by atoms with Gasteiger partial charge in [0.25, 0.3) is 5.24 Å². The molecule has 3 fully saturated rings. The predicted octanol–water partition coefficient (Wildman–Crippen LogP) is 1.55. The lowest BCUT2D eigenvalue weighted by molar-refractivity contribution is -0.153. The number of carbonyl (C=O) groups excluding carboxylic acids is 4. The number of carbonyl (C=O) groups is 4. The Kier molecular flexibility index (Phi) is 5.47. The number of urea groups is 1. The molecule has 0 bridgehead atoms. The average molecular weight is 534 g/mol. The molecule has 3 saturated heterocycles. The Morgan fingerprint density at radius 3 is 2.65 bits per heavy atom. The number of barbiturate groups is 1. The van der Waals surface area contributed by atoms with Gasteiger partial charge in [-0.3, -0.25) is 29.9 Å². The highest BCUT2D eigenvalue weighted by atomic mass is 32.2. The fraction of sp³-hybridized carbons (Fsp3) is 0.522. The number of amides is 5. The number of benzene rings is 1. The zero-order valence-corrected chi connectivity index (χ0v) is 21.0. The number of hydrogen-bond donors (Lipinski definition) is 2. The summed E-state index contributed by atoms with van der Waals surface area (Å²) in [5.74, 6) is -2.09. The van der Waals surface area contributed by atoms with Crippen molar-refractivity contribution in [1.29, 1.82) is 0 Å². The number of morpholine rings is 1. The highest BCUT2D eigenvalue weighted by molar-refractivity contribution is 8.14. The summed E-state index contributed by atoms with van der Waals surface area (Å²) in [4.78, 5) is 54.3. The summed E-state index contributed by atoms with van der Waals surface area (Å²) in [5.41, 5.74) is -1.33. The number of imide groups is 2. The lowest BCUT2D eigenvalue weighted by Crippen LogP contribution is -2.75. The zero-order valence-electron chi connectivity index (χ0n) is 20.2. The Morgan fingerprint density at radius 1 is 1.22 bits per heavy atom. The van der Waals surface area contributed by atoms with Crippen molar-refractivity contribution in [2.24, 2.45) is 5.41 Å². The summed E-state index contributed by atoms with van der Waals surface area (Å²) < 4.78 is 32.7. The molecule has 37 heavy (non-hydrogen) atoms. The van der Waals surface area contributed by atoms with Crippen molar-refractivity contribution in [3.63, 3.8) is 0 Å². The minimum atomic E-state index is -1.75. The molecule has 1 aromatic heterocycles. The SMILES string of the molecule is COC[C@H]1CN(c2noc3c(F)c4c(cc23)CC2(C(=O)NC(=O)NC2=O)[C@H]2[C@H](C)O[C@H](C)CN42)C(=O)S1. The van der Waals surface area contributed by atoms with E-state index in [0.717, 1.165) is 11.8 Å². The number of rotatable bonds is 3. The number of nitrogens with zero attached hydrogens (tertiary/aromatic N) is 3. The molecule has 4 aliphatic heterocycles. The molecule has 2 aromatic rings. The van der Waals surface area contributed by atoms with Crippen molar-refractivity contribution < 1.29 is 37.6 Å².